The van der Waals surface area contributed by atoms with Gasteiger partial charge in [0.1, 0.15) is 5.84 Å². The molecule has 0 unspecified atom stereocenters. The molecule has 0 aromatic heterocycles. The second-order valence-electron chi connectivity index (χ2n) is 7.06. The number of benzene rings is 3. The van der Waals surface area contributed by atoms with Gasteiger partial charge in [-0.1, -0.05) is 30.0 Å². The van der Waals surface area contributed by atoms with Gasteiger partial charge in [-0.05, 0) is 66.6 Å². The van der Waals surface area contributed by atoms with E-state index in [0.717, 1.165) is 29.9 Å². The lowest BCUT2D eigenvalue weighted by molar-refractivity contribution is 0.0989. The minimum Gasteiger partial charge on any atom is -0.384 e. The Morgan fingerprint density at radius 1 is 1.00 bits per heavy atom. The summed E-state index contributed by atoms with van der Waals surface area (Å²) in [5, 5.41) is 10.6. The van der Waals surface area contributed by atoms with Crippen LogP contribution in [0.2, 0.25) is 0 Å². The van der Waals surface area contributed by atoms with Crippen molar-refractivity contribution in [3.8, 4) is 11.8 Å². The fourth-order valence-corrected chi connectivity index (χ4v) is 3.46. The smallest absolute Gasteiger partial charge is 0.258 e. The number of hydrogen-bond donors (Lipinski definition) is 3. The Balaban J connectivity index is 1.35. The Hall–Kier alpha value is -4.04. The first kappa shape index (κ1) is 19.3. The topological polar surface area (TPSA) is 82.2 Å². The van der Waals surface area contributed by atoms with E-state index in [2.05, 4.69) is 23.2 Å². The van der Waals surface area contributed by atoms with E-state index in [4.69, 9.17) is 11.1 Å². The third kappa shape index (κ3) is 4.18. The van der Waals surface area contributed by atoms with E-state index in [1.54, 1.807) is 12.1 Å². The summed E-state index contributed by atoms with van der Waals surface area (Å²) < 4.78 is 0. The Labute approximate surface area is 176 Å². The zero-order chi connectivity index (χ0) is 20.9. The number of amidine groups is 1. The van der Waals surface area contributed by atoms with Gasteiger partial charge in [0.05, 0.1) is 6.54 Å². The van der Waals surface area contributed by atoms with E-state index >= 15 is 0 Å². The van der Waals surface area contributed by atoms with Crippen LogP contribution in [0.3, 0.4) is 0 Å². The Morgan fingerprint density at radius 2 is 1.70 bits per heavy atom. The number of hydrogen-bond acceptors (Lipinski definition) is 3. The molecule has 0 saturated carbocycles. The van der Waals surface area contributed by atoms with Crippen LogP contribution >= 0.6 is 0 Å². The number of nitrogen functional groups attached to an aromatic ring is 1. The molecule has 1 aliphatic heterocycles. The molecule has 3 aromatic carbocycles. The van der Waals surface area contributed by atoms with Gasteiger partial charge in [-0.15, -0.1) is 0 Å². The third-order valence-electron chi connectivity index (χ3n) is 5.07. The summed E-state index contributed by atoms with van der Waals surface area (Å²) in [5.74, 6) is 6.26. The highest BCUT2D eigenvalue weighted by Crippen LogP contribution is 2.28. The number of nitrogens with one attached hydrogen (secondary N) is 2. The first-order valence-electron chi connectivity index (χ1n) is 9.79. The number of carbonyl (C=O) groups is 1. The molecule has 1 heterocycles. The van der Waals surface area contributed by atoms with Gasteiger partial charge >= 0.3 is 0 Å². The Bertz CT molecular complexity index is 1140. The van der Waals surface area contributed by atoms with Crippen molar-refractivity contribution in [1.82, 2.24) is 0 Å². The Kier molecular flexibility index (Phi) is 5.49. The molecule has 0 aliphatic carbocycles. The highest BCUT2D eigenvalue weighted by atomic mass is 16.2. The van der Waals surface area contributed by atoms with Gasteiger partial charge in [0.25, 0.3) is 5.91 Å². The molecule has 0 saturated heterocycles. The summed E-state index contributed by atoms with van der Waals surface area (Å²) in [7, 11) is 0. The summed E-state index contributed by atoms with van der Waals surface area (Å²) in [5.41, 5.74) is 10.8. The molecule has 4 rings (SSSR count). The highest BCUT2D eigenvalue weighted by Gasteiger charge is 2.24. The zero-order valence-corrected chi connectivity index (χ0v) is 16.5. The molecule has 5 heteroatoms. The molecule has 5 nitrogen and oxygen atoms in total. The summed E-state index contributed by atoms with van der Waals surface area (Å²) in [6.07, 6.45) is 0.899. The molecule has 0 radical (unpaired) electrons. The quantitative estimate of drug-likeness (QED) is 0.359. The van der Waals surface area contributed by atoms with Gasteiger partial charge in [-0.3, -0.25) is 10.2 Å². The number of amides is 1. The van der Waals surface area contributed by atoms with Crippen molar-refractivity contribution in [1.29, 1.82) is 5.41 Å². The van der Waals surface area contributed by atoms with Gasteiger partial charge in [0, 0.05) is 34.6 Å². The fourth-order valence-electron chi connectivity index (χ4n) is 3.46. The first-order valence-corrected chi connectivity index (χ1v) is 9.79. The van der Waals surface area contributed by atoms with E-state index in [1.807, 2.05) is 59.5 Å². The third-order valence-corrected chi connectivity index (χ3v) is 5.07. The first-order chi connectivity index (χ1) is 14.6. The lowest BCUT2D eigenvalue weighted by atomic mass is 10.1. The van der Waals surface area contributed by atoms with Gasteiger partial charge in [0.15, 0.2) is 0 Å². The highest BCUT2D eigenvalue weighted by molar-refractivity contribution is 6.07. The predicted molar refractivity (Wildman–Crippen MR) is 121 cm³/mol. The molecule has 0 spiro atoms. The molecule has 0 bridgehead atoms. The van der Waals surface area contributed by atoms with Crippen LogP contribution in [0, 0.1) is 17.3 Å². The fraction of sp³-hybridized carbons (Fsp3) is 0.120. The normalized spacial score (nSPS) is 11.9. The lowest BCUT2D eigenvalue weighted by Gasteiger charge is -2.17. The molecule has 1 aliphatic rings. The monoisotopic (exact) mass is 394 g/mol. The number of rotatable bonds is 4. The van der Waals surface area contributed by atoms with E-state index in [1.165, 1.54) is 5.56 Å². The van der Waals surface area contributed by atoms with Crippen LogP contribution < -0.4 is 16.0 Å². The average molecular weight is 394 g/mol. The maximum absolute atomic E-state index is 12.9. The number of carbonyl (C=O) groups excluding carboxylic acids is 1. The SMILES string of the molecule is N=C(N)c1ccc(NCC#Cc2ccc(C(=O)N3CCc4ccccc43)cc2)cc1. The number of fused-ring (bicyclic) bond motifs is 1. The summed E-state index contributed by atoms with van der Waals surface area (Å²) in [6.45, 7) is 1.21. The second kappa shape index (κ2) is 8.54. The van der Waals surface area contributed by atoms with Crippen molar-refractivity contribution < 1.29 is 4.79 Å². The van der Waals surface area contributed by atoms with Gasteiger partial charge in [0.2, 0.25) is 0 Å². The minimum absolute atomic E-state index is 0.0233. The van der Waals surface area contributed by atoms with E-state index in [0.29, 0.717) is 17.7 Å². The largest absolute Gasteiger partial charge is 0.384 e. The molecule has 148 valence electrons. The van der Waals surface area contributed by atoms with Crippen molar-refractivity contribution in [2.75, 3.05) is 23.3 Å². The van der Waals surface area contributed by atoms with Gasteiger partial charge in [-0.2, -0.15) is 0 Å². The van der Waals surface area contributed by atoms with Crippen molar-refractivity contribution >= 4 is 23.1 Å². The molecule has 1 amide bonds. The van der Waals surface area contributed by atoms with E-state index in [9.17, 15) is 4.79 Å². The number of nitrogens with zero attached hydrogens (tertiary/aromatic N) is 1. The molecule has 30 heavy (non-hydrogen) atoms. The van der Waals surface area contributed by atoms with E-state index in [-0.39, 0.29) is 11.7 Å². The molecular weight excluding hydrogens is 372 g/mol. The van der Waals surface area contributed by atoms with Crippen molar-refractivity contribution in [3.63, 3.8) is 0 Å². The molecule has 4 N–H and O–H groups in total. The molecule has 0 atom stereocenters. The van der Waals surface area contributed by atoms with Crippen LogP contribution in [-0.2, 0) is 6.42 Å². The van der Waals surface area contributed by atoms with Crippen molar-refractivity contribution in [3.05, 3.63) is 95.1 Å². The molecule has 0 fully saturated rings. The van der Waals surface area contributed by atoms with Crippen LogP contribution in [-0.4, -0.2) is 24.8 Å². The average Bonchev–Trinajstić information content (AvgIpc) is 3.21. The van der Waals surface area contributed by atoms with Gasteiger partial charge in [-0.25, -0.2) is 0 Å². The zero-order valence-electron chi connectivity index (χ0n) is 16.5. The molecular formula is C25H22N4O. The summed E-state index contributed by atoms with van der Waals surface area (Å²) in [4.78, 5) is 14.7. The molecule has 3 aromatic rings. The van der Waals surface area contributed by atoms with E-state index < -0.39 is 0 Å². The lowest BCUT2D eigenvalue weighted by Crippen LogP contribution is -2.28. The number of para-hydroxylation sites is 1. The van der Waals surface area contributed by atoms with Gasteiger partial charge < -0.3 is 16.0 Å². The van der Waals surface area contributed by atoms with Crippen LogP contribution in [0.15, 0.2) is 72.8 Å². The van der Waals surface area contributed by atoms with Crippen LogP contribution in [0.25, 0.3) is 0 Å². The van der Waals surface area contributed by atoms with Crippen LogP contribution in [0.4, 0.5) is 11.4 Å². The maximum atomic E-state index is 12.9. The summed E-state index contributed by atoms with van der Waals surface area (Å²) >= 11 is 0. The predicted octanol–water partition coefficient (Wildman–Crippen LogP) is 3.64. The summed E-state index contributed by atoms with van der Waals surface area (Å²) in [6, 6.07) is 22.8. The van der Waals surface area contributed by atoms with Crippen LogP contribution in [0.1, 0.15) is 27.0 Å². The van der Waals surface area contributed by atoms with Crippen molar-refractivity contribution in [2.24, 2.45) is 5.73 Å². The number of anilines is 2. The number of nitrogens with two attached hydrogens (primary N) is 1. The maximum Gasteiger partial charge on any atom is 0.258 e. The van der Waals surface area contributed by atoms with Crippen molar-refractivity contribution in [2.45, 2.75) is 6.42 Å². The standard InChI is InChI=1S/C25H22N4O/c26-24(27)20-11-13-22(14-12-20)28-16-3-4-18-7-9-21(10-8-18)25(30)29-17-15-19-5-1-2-6-23(19)29/h1-2,5-14,28H,15-17H2,(H3,26,27). The second-order valence-corrected chi connectivity index (χ2v) is 7.06. The van der Waals surface area contributed by atoms with Crippen LogP contribution in [0.5, 0.6) is 0 Å². The Morgan fingerprint density at radius 3 is 2.43 bits per heavy atom. The minimum atomic E-state index is 0.0233.